The van der Waals surface area contributed by atoms with Gasteiger partial charge in [0.2, 0.25) is 0 Å². The van der Waals surface area contributed by atoms with Crippen molar-refractivity contribution in [2.45, 2.75) is 13.0 Å². The number of nitrogens with zero attached hydrogens (tertiary/aromatic N) is 1. The van der Waals surface area contributed by atoms with Crippen molar-refractivity contribution in [3.8, 4) is 16.9 Å². The average molecular weight is 367 g/mol. The van der Waals surface area contributed by atoms with Crippen LogP contribution in [0.5, 0.6) is 5.75 Å². The van der Waals surface area contributed by atoms with E-state index < -0.39 is 0 Å². The Labute approximate surface area is 159 Å². The zero-order valence-electron chi connectivity index (χ0n) is 15.3. The first-order valence-corrected chi connectivity index (χ1v) is 9.49. The van der Waals surface area contributed by atoms with Gasteiger partial charge in [0.25, 0.3) is 5.91 Å². The molecule has 3 N–H and O–H groups in total. The van der Waals surface area contributed by atoms with Crippen LogP contribution in [-0.2, 0) is 11.3 Å². The van der Waals surface area contributed by atoms with Crippen LogP contribution in [0.1, 0.15) is 22.3 Å². The van der Waals surface area contributed by atoms with Gasteiger partial charge in [-0.1, -0.05) is 12.1 Å². The van der Waals surface area contributed by atoms with Gasteiger partial charge >= 0.3 is 0 Å². The number of carbonyl (C=O) groups is 1. The first kappa shape index (κ1) is 17.8. The van der Waals surface area contributed by atoms with Gasteiger partial charge in [0.15, 0.2) is 0 Å². The Balaban J connectivity index is 1.49. The molecule has 2 heterocycles. The molecule has 0 spiro atoms. The zero-order valence-corrected chi connectivity index (χ0v) is 15.3. The number of fused-ring (bicyclic) bond motifs is 1. The molecular weight excluding hydrogens is 342 g/mol. The van der Waals surface area contributed by atoms with E-state index in [-0.39, 0.29) is 11.7 Å². The number of anilines is 1. The second-order valence-corrected chi connectivity index (χ2v) is 7.02. The van der Waals surface area contributed by atoms with Crippen molar-refractivity contribution in [1.29, 1.82) is 0 Å². The van der Waals surface area contributed by atoms with Crippen molar-refractivity contribution in [3.05, 3.63) is 47.5 Å². The maximum atomic E-state index is 12.2. The number of morpholine rings is 1. The number of hydrogen-bond acceptors (Lipinski definition) is 5. The van der Waals surface area contributed by atoms with Crippen molar-refractivity contribution < 1.29 is 14.6 Å². The highest BCUT2D eigenvalue weighted by Crippen LogP contribution is 2.34. The van der Waals surface area contributed by atoms with Crippen LogP contribution in [0.4, 0.5) is 5.69 Å². The molecule has 142 valence electrons. The molecule has 27 heavy (non-hydrogen) atoms. The topological polar surface area (TPSA) is 73.8 Å². The Morgan fingerprint density at radius 1 is 1.15 bits per heavy atom. The monoisotopic (exact) mass is 367 g/mol. The molecule has 0 aliphatic carbocycles. The third-order valence-electron chi connectivity index (χ3n) is 5.16. The van der Waals surface area contributed by atoms with Crippen LogP contribution in [0.3, 0.4) is 0 Å². The fourth-order valence-corrected chi connectivity index (χ4v) is 3.72. The lowest BCUT2D eigenvalue weighted by Crippen LogP contribution is -2.37. The Morgan fingerprint density at radius 3 is 2.78 bits per heavy atom. The summed E-state index contributed by atoms with van der Waals surface area (Å²) in [4.78, 5) is 14.6. The van der Waals surface area contributed by atoms with Crippen LogP contribution < -0.4 is 10.6 Å². The standard InChI is InChI=1S/C21H25N3O3/c25-17-4-1-3-15(11-17)18-12-16(13-19-20(18)14-23-21(19)26)22-5-2-6-24-7-9-27-10-8-24/h1,3-4,11-13,22,25H,2,5-10,14H2,(H,23,26). The fraction of sp³-hybridized carbons (Fsp3) is 0.381. The summed E-state index contributed by atoms with van der Waals surface area (Å²) in [6.45, 7) is 6.05. The van der Waals surface area contributed by atoms with Crippen LogP contribution >= 0.6 is 0 Å². The number of hydrogen-bond donors (Lipinski definition) is 3. The summed E-state index contributed by atoms with van der Waals surface area (Å²) in [5, 5.41) is 16.2. The second-order valence-electron chi connectivity index (χ2n) is 7.02. The van der Waals surface area contributed by atoms with Gasteiger partial charge in [-0.3, -0.25) is 9.69 Å². The number of carbonyl (C=O) groups excluding carboxylic acids is 1. The fourth-order valence-electron chi connectivity index (χ4n) is 3.72. The summed E-state index contributed by atoms with van der Waals surface area (Å²) in [5.41, 5.74) is 4.54. The van der Waals surface area contributed by atoms with E-state index in [2.05, 4.69) is 21.6 Å². The molecule has 2 aromatic carbocycles. The van der Waals surface area contributed by atoms with Gasteiger partial charge in [0.05, 0.1) is 13.2 Å². The van der Waals surface area contributed by atoms with Crippen molar-refractivity contribution in [3.63, 3.8) is 0 Å². The Bertz CT molecular complexity index is 831. The number of rotatable bonds is 6. The average Bonchev–Trinajstić information content (AvgIpc) is 3.06. The number of aromatic hydroxyl groups is 1. The lowest BCUT2D eigenvalue weighted by atomic mass is 9.95. The van der Waals surface area contributed by atoms with Crippen LogP contribution in [0.2, 0.25) is 0 Å². The summed E-state index contributed by atoms with van der Waals surface area (Å²) in [7, 11) is 0. The first-order valence-electron chi connectivity index (χ1n) is 9.49. The molecular formula is C21H25N3O3. The predicted octanol–water partition coefficient (Wildman–Crippen LogP) is 2.44. The van der Waals surface area contributed by atoms with Crippen molar-refractivity contribution in [1.82, 2.24) is 10.2 Å². The van der Waals surface area contributed by atoms with Crippen LogP contribution in [0.15, 0.2) is 36.4 Å². The van der Waals surface area contributed by atoms with Crippen molar-refractivity contribution >= 4 is 11.6 Å². The number of benzene rings is 2. The van der Waals surface area contributed by atoms with Gasteiger partial charge in [-0.05, 0) is 53.9 Å². The number of amides is 1. The minimum absolute atomic E-state index is 0.0385. The number of phenols is 1. The third kappa shape index (κ3) is 4.07. The van der Waals surface area contributed by atoms with E-state index in [1.165, 1.54) is 0 Å². The van der Waals surface area contributed by atoms with Gasteiger partial charge in [-0.25, -0.2) is 0 Å². The highest BCUT2D eigenvalue weighted by Gasteiger charge is 2.23. The minimum Gasteiger partial charge on any atom is -0.508 e. The normalized spacial score (nSPS) is 16.8. The molecule has 1 amide bonds. The molecule has 0 aromatic heterocycles. The molecule has 6 heteroatoms. The molecule has 2 aromatic rings. The van der Waals surface area contributed by atoms with Crippen molar-refractivity contribution in [2.24, 2.45) is 0 Å². The summed E-state index contributed by atoms with van der Waals surface area (Å²) in [5.74, 6) is 0.186. The molecule has 2 aliphatic heterocycles. The Kier molecular flexibility index (Phi) is 5.27. The van der Waals surface area contributed by atoms with E-state index in [0.29, 0.717) is 12.1 Å². The van der Waals surface area contributed by atoms with Gasteiger partial charge in [0, 0.05) is 37.4 Å². The molecule has 0 radical (unpaired) electrons. The summed E-state index contributed by atoms with van der Waals surface area (Å²) in [6, 6.07) is 11.2. The molecule has 6 nitrogen and oxygen atoms in total. The number of nitrogens with one attached hydrogen (secondary N) is 2. The first-order chi connectivity index (χ1) is 13.2. The Morgan fingerprint density at radius 2 is 1.96 bits per heavy atom. The number of phenolic OH excluding ortho intramolecular Hbond substituents is 1. The van der Waals surface area contributed by atoms with Crippen LogP contribution in [0.25, 0.3) is 11.1 Å². The highest BCUT2D eigenvalue weighted by molar-refractivity contribution is 6.01. The molecule has 1 fully saturated rings. The van der Waals surface area contributed by atoms with E-state index in [9.17, 15) is 9.90 Å². The molecule has 0 unspecified atom stereocenters. The predicted molar refractivity (Wildman–Crippen MR) is 105 cm³/mol. The van der Waals surface area contributed by atoms with Gasteiger partial charge in [-0.2, -0.15) is 0 Å². The van der Waals surface area contributed by atoms with E-state index in [1.807, 2.05) is 18.2 Å². The van der Waals surface area contributed by atoms with Crippen molar-refractivity contribution in [2.75, 3.05) is 44.7 Å². The quantitative estimate of drug-likeness (QED) is 0.684. The number of ether oxygens (including phenoxy) is 1. The summed E-state index contributed by atoms with van der Waals surface area (Å²) >= 11 is 0. The SMILES string of the molecule is O=C1NCc2c1cc(NCCCN1CCOCC1)cc2-c1cccc(O)c1. The lowest BCUT2D eigenvalue weighted by molar-refractivity contribution is 0.0378. The van der Waals surface area contributed by atoms with Gasteiger partial charge < -0.3 is 20.5 Å². The van der Waals surface area contributed by atoms with E-state index in [4.69, 9.17) is 4.74 Å². The van der Waals surface area contributed by atoms with E-state index >= 15 is 0 Å². The maximum absolute atomic E-state index is 12.2. The Hall–Kier alpha value is -2.57. The molecule has 1 saturated heterocycles. The summed E-state index contributed by atoms with van der Waals surface area (Å²) in [6.07, 6.45) is 1.03. The van der Waals surface area contributed by atoms with E-state index in [1.54, 1.807) is 12.1 Å². The van der Waals surface area contributed by atoms with Crippen LogP contribution in [0, 0.1) is 0 Å². The molecule has 4 rings (SSSR count). The summed E-state index contributed by atoms with van der Waals surface area (Å²) < 4.78 is 5.38. The second kappa shape index (κ2) is 7.98. The third-order valence-corrected chi connectivity index (χ3v) is 5.16. The maximum Gasteiger partial charge on any atom is 0.251 e. The molecule has 0 bridgehead atoms. The largest absolute Gasteiger partial charge is 0.508 e. The van der Waals surface area contributed by atoms with Gasteiger partial charge in [0.1, 0.15) is 5.75 Å². The lowest BCUT2D eigenvalue weighted by Gasteiger charge is -2.26. The van der Waals surface area contributed by atoms with Crippen LogP contribution in [-0.4, -0.2) is 55.3 Å². The highest BCUT2D eigenvalue weighted by atomic mass is 16.5. The zero-order chi connectivity index (χ0) is 18.6. The molecule has 0 atom stereocenters. The van der Waals surface area contributed by atoms with Gasteiger partial charge in [-0.15, -0.1) is 0 Å². The van der Waals surface area contributed by atoms with E-state index in [0.717, 1.165) is 68.2 Å². The smallest absolute Gasteiger partial charge is 0.251 e. The molecule has 2 aliphatic rings. The molecule has 0 saturated carbocycles. The minimum atomic E-state index is -0.0385.